The molecule has 5 aromatic rings. The highest BCUT2D eigenvalue weighted by Gasteiger charge is 2.31. The van der Waals surface area contributed by atoms with Crippen LogP contribution in [0.25, 0.3) is 44.7 Å². The number of fused-ring (bicyclic) bond motifs is 5. The predicted octanol–water partition coefficient (Wildman–Crippen LogP) is 5.62. The van der Waals surface area contributed by atoms with Gasteiger partial charge in [0.2, 0.25) is 0 Å². The quantitative estimate of drug-likeness (QED) is 0.156. The van der Waals surface area contributed by atoms with Crippen LogP contribution in [-0.4, -0.2) is 51.7 Å². The van der Waals surface area contributed by atoms with Crippen molar-refractivity contribution in [3.63, 3.8) is 0 Å². The molecule has 0 amide bonds. The summed E-state index contributed by atoms with van der Waals surface area (Å²) in [6, 6.07) is 13.2. The van der Waals surface area contributed by atoms with E-state index in [0.717, 1.165) is 100 Å². The van der Waals surface area contributed by atoms with Crippen molar-refractivity contribution in [2.45, 2.75) is 44.9 Å². The Morgan fingerprint density at radius 2 is 1.88 bits per heavy atom. The SMILES string of the molecule is CCCNCc1ncc(-c2ccc3[nH]c4c(c3c2)C(COC)Oc2cc(-c3cnc(C5CCCN5)[nH]3)ccc2-4)[nH]1. The van der Waals surface area contributed by atoms with E-state index in [0.29, 0.717) is 12.6 Å². The van der Waals surface area contributed by atoms with Crippen molar-refractivity contribution in [1.82, 2.24) is 35.6 Å². The maximum atomic E-state index is 6.62. The van der Waals surface area contributed by atoms with Gasteiger partial charge >= 0.3 is 0 Å². The highest BCUT2D eigenvalue weighted by molar-refractivity contribution is 5.96. The third kappa shape index (κ3) is 4.50. The Kier molecular flexibility index (Phi) is 6.63. The second kappa shape index (κ2) is 10.6. The molecule has 9 nitrogen and oxygen atoms in total. The van der Waals surface area contributed by atoms with E-state index in [9.17, 15) is 0 Å². The van der Waals surface area contributed by atoms with Gasteiger partial charge in [0.05, 0.1) is 48.7 Å². The summed E-state index contributed by atoms with van der Waals surface area (Å²) in [5.74, 6) is 2.78. The van der Waals surface area contributed by atoms with Crippen molar-refractivity contribution in [3.05, 3.63) is 66.0 Å². The van der Waals surface area contributed by atoms with Crippen molar-refractivity contribution in [1.29, 1.82) is 0 Å². The first-order valence-electron chi connectivity index (χ1n) is 14.2. The summed E-state index contributed by atoms with van der Waals surface area (Å²) in [6.45, 7) is 5.36. The normalized spacial score (nSPS) is 18.1. The van der Waals surface area contributed by atoms with Crippen molar-refractivity contribution >= 4 is 10.9 Å². The lowest BCUT2D eigenvalue weighted by Gasteiger charge is -2.27. The van der Waals surface area contributed by atoms with Crippen LogP contribution in [0.2, 0.25) is 0 Å². The van der Waals surface area contributed by atoms with Crippen LogP contribution in [0.4, 0.5) is 0 Å². The van der Waals surface area contributed by atoms with Crippen LogP contribution in [0.1, 0.15) is 55.5 Å². The second-order valence-corrected chi connectivity index (χ2v) is 10.7. The molecule has 40 heavy (non-hydrogen) atoms. The predicted molar refractivity (Wildman–Crippen MR) is 156 cm³/mol. The molecule has 9 heteroatoms. The molecule has 0 saturated carbocycles. The largest absolute Gasteiger partial charge is 0.482 e. The third-order valence-electron chi connectivity index (χ3n) is 7.95. The van der Waals surface area contributed by atoms with Gasteiger partial charge in [-0.3, -0.25) is 0 Å². The smallest absolute Gasteiger partial charge is 0.150 e. The Balaban J connectivity index is 1.24. The molecule has 1 saturated heterocycles. The highest BCUT2D eigenvalue weighted by Crippen LogP contribution is 2.47. The number of H-pyrrole nitrogens is 3. The summed E-state index contributed by atoms with van der Waals surface area (Å²) in [4.78, 5) is 19.9. The van der Waals surface area contributed by atoms with E-state index in [1.807, 2.05) is 12.4 Å². The molecular weight excluding hydrogens is 502 g/mol. The van der Waals surface area contributed by atoms with Crippen LogP contribution < -0.4 is 15.4 Å². The van der Waals surface area contributed by atoms with Crippen LogP contribution in [-0.2, 0) is 11.3 Å². The summed E-state index contributed by atoms with van der Waals surface area (Å²) in [5, 5.41) is 8.05. The summed E-state index contributed by atoms with van der Waals surface area (Å²) in [7, 11) is 1.72. The summed E-state index contributed by atoms with van der Waals surface area (Å²) < 4.78 is 12.2. The Bertz CT molecular complexity index is 1640. The van der Waals surface area contributed by atoms with E-state index in [1.165, 1.54) is 6.42 Å². The summed E-state index contributed by atoms with van der Waals surface area (Å²) in [5.41, 5.74) is 8.46. The van der Waals surface area contributed by atoms with E-state index in [-0.39, 0.29) is 6.10 Å². The van der Waals surface area contributed by atoms with E-state index in [4.69, 9.17) is 9.47 Å². The molecule has 1 fully saturated rings. The number of hydrogen-bond donors (Lipinski definition) is 5. The lowest BCUT2D eigenvalue weighted by Crippen LogP contribution is -2.18. The molecule has 0 radical (unpaired) electrons. The van der Waals surface area contributed by atoms with Gasteiger partial charge in [-0.15, -0.1) is 0 Å². The topological polar surface area (TPSA) is 116 Å². The zero-order chi connectivity index (χ0) is 27.1. The number of ether oxygens (including phenoxy) is 2. The fourth-order valence-corrected chi connectivity index (χ4v) is 5.96. The van der Waals surface area contributed by atoms with Gasteiger partial charge < -0.3 is 35.1 Å². The fraction of sp³-hybridized carbons (Fsp3) is 0.355. The minimum absolute atomic E-state index is 0.234. The maximum absolute atomic E-state index is 6.62. The van der Waals surface area contributed by atoms with E-state index < -0.39 is 0 Å². The molecule has 3 aromatic heterocycles. The first-order chi connectivity index (χ1) is 19.7. The van der Waals surface area contributed by atoms with Gasteiger partial charge in [-0.05, 0) is 56.6 Å². The second-order valence-electron chi connectivity index (χ2n) is 10.7. The zero-order valence-electron chi connectivity index (χ0n) is 22.9. The number of nitrogens with zero attached hydrogens (tertiary/aromatic N) is 2. The van der Waals surface area contributed by atoms with Gasteiger partial charge in [0.15, 0.2) is 0 Å². The lowest BCUT2D eigenvalue weighted by molar-refractivity contribution is 0.0803. The molecule has 0 spiro atoms. The summed E-state index contributed by atoms with van der Waals surface area (Å²) >= 11 is 0. The Morgan fingerprint density at radius 3 is 2.73 bits per heavy atom. The van der Waals surface area contributed by atoms with Crippen molar-refractivity contribution in [3.8, 4) is 39.5 Å². The maximum Gasteiger partial charge on any atom is 0.150 e. The summed E-state index contributed by atoms with van der Waals surface area (Å²) in [6.07, 6.45) is 6.99. The number of rotatable bonds is 9. The van der Waals surface area contributed by atoms with E-state index >= 15 is 0 Å². The van der Waals surface area contributed by atoms with Crippen LogP contribution in [0.5, 0.6) is 5.75 Å². The monoisotopic (exact) mass is 537 g/mol. The fourth-order valence-electron chi connectivity index (χ4n) is 5.96. The Labute approximate surface area is 233 Å². The van der Waals surface area contributed by atoms with Crippen LogP contribution in [0.15, 0.2) is 48.8 Å². The molecular formula is C31H35N7O2. The number of benzene rings is 2. The van der Waals surface area contributed by atoms with Gasteiger partial charge in [-0.25, -0.2) is 9.97 Å². The van der Waals surface area contributed by atoms with E-state index in [2.05, 4.69) is 78.9 Å². The molecule has 0 bridgehead atoms. The molecule has 2 unspecified atom stereocenters. The first kappa shape index (κ1) is 25.1. The zero-order valence-corrected chi connectivity index (χ0v) is 22.9. The Morgan fingerprint density at radius 1 is 1.02 bits per heavy atom. The minimum Gasteiger partial charge on any atom is -0.482 e. The van der Waals surface area contributed by atoms with Crippen LogP contribution in [0.3, 0.4) is 0 Å². The van der Waals surface area contributed by atoms with Gasteiger partial charge in [0.25, 0.3) is 0 Å². The number of nitrogens with one attached hydrogen (secondary N) is 5. The molecule has 2 aliphatic rings. The standard InChI is InChI=1S/C31H35N7O2/c1-3-10-32-16-28-34-14-24(36-28)18-7-9-22-21(12-18)29-27(17-39-2)40-26-13-19(6-8-20(26)30(29)37-22)25-15-35-31(38-25)23-5-4-11-33-23/h6-9,12-15,23,27,32-33,37H,3-5,10-11,16-17H2,1-2H3,(H,34,36)(H,35,38). The van der Waals surface area contributed by atoms with Crippen LogP contribution >= 0.6 is 0 Å². The molecule has 2 aromatic carbocycles. The molecule has 2 atom stereocenters. The van der Waals surface area contributed by atoms with Crippen molar-refractivity contribution in [2.75, 3.05) is 26.8 Å². The molecule has 0 aliphatic carbocycles. The van der Waals surface area contributed by atoms with Gasteiger partial charge in [0.1, 0.15) is 23.5 Å². The third-order valence-corrected chi connectivity index (χ3v) is 7.95. The first-order valence-corrected chi connectivity index (χ1v) is 14.2. The van der Waals surface area contributed by atoms with Crippen LogP contribution in [0, 0.1) is 0 Å². The number of hydrogen-bond acceptors (Lipinski definition) is 6. The molecule has 206 valence electrons. The molecule has 5 heterocycles. The number of aromatic nitrogens is 5. The molecule has 2 aliphatic heterocycles. The highest BCUT2D eigenvalue weighted by atomic mass is 16.5. The van der Waals surface area contributed by atoms with E-state index in [1.54, 1.807) is 7.11 Å². The Hall–Kier alpha value is -3.92. The molecule has 5 N–H and O–H groups in total. The number of methoxy groups -OCH3 is 1. The number of aromatic amines is 3. The molecule has 7 rings (SSSR count). The van der Waals surface area contributed by atoms with Gasteiger partial charge in [-0.1, -0.05) is 19.1 Å². The number of imidazole rings is 2. The van der Waals surface area contributed by atoms with Gasteiger partial charge in [-0.2, -0.15) is 0 Å². The van der Waals surface area contributed by atoms with Crippen molar-refractivity contribution in [2.24, 2.45) is 0 Å². The lowest BCUT2D eigenvalue weighted by atomic mass is 9.95. The van der Waals surface area contributed by atoms with Gasteiger partial charge in [0, 0.05) is 40.3 Å². The minimum atomic E-state index is -0.234. The van der Waals surface area contributed by atoms with Crippen molar-refractivity contribution < 1.29 is 9.47 Å². The average Bonchev–Trinajstić information content (AvgIpc) is 3.78. The average molecular weight is 538 g/mol.